The van der Waals surface area contributed by atoms with E-state index in [-0.39, 0.29) is 64.2 Å². The second-order valence-corrected chi connectivity index (χ2v) is 22.9. The molecule has 0 saturated heterocycles. The molecule has 0 aromatic rings. The van der Waals surface area contributed by atoms with Gasteiger partial charge in [-0.15, -0.1) is 0 Å². The molecule has 0 spiro atoms. The molecule has 0 amide bonds. The lowest BCUT2D eigenvalue weighted by Gasteiger charge is -2.49. The summed E-state index contributed by atoms with van der Waals surface area (Å²) in [5.74, 6) is -10.8. The molecule has 1 aliphatic carbocycles. The van der Waals surface area contributed by atoms with Crippen LogP contribution < -0.4 is 0 Å². The number of hydrogen-bond acceptors (Lipinski definition) is 36. The lowest BCUT2D eigenvalue weighted by molar-refractivity contribution is -0.236. The normalized spacial score (nSPS) is 17.9. The highest BCUT2D eigenvalue weighted by atomic mass is 31.2. The Labute approximate surface area is 494 Å². The van der Waals surface area contributed by atoms with Gasteiger partial charge < -0.3 is 47.4 Å². The van der Waals surface area contributed by atoms with Crippen LogP contribution in [0.5, 0.6) is 0 Å². The van der Waals surface area contributed by atoms with Crippen LogP contribution >= 0.6 is 31.3 Å². The highest BCUT2D eigenvalue weighted by Gasteiger charge is 2.64. The largest absolute Gasteiger partial charge is 0.481 e. The summed E-state index contributed by atoms with van der Waals surface area (Å²) >= 11 is 0. The van der Waals surface area contributed by atoms with Crippen LogP contribution in [0.1, 0.15) is 146 Å². The van der Waals surface area contributed by atoms with Crippen molar-refractivity contribution in [2.45, 2.75) is 183 Å². The molecule has 0 bridgehead atoms. The molecule has 0 aromatic heterocycles. The van der Waals surface area contributed by atoms with Crippen molar-refractivity contribution in [3.05, 3.63) is 0 Å². The average Bonchev–Trinajstić information content (AvgIpc) is 1.18. The van der Waals surface area contributed by atoms with Gasteiger partial charge in [-0.25, -0.2) is 54.5 Å². The first-order valence-electron chi connectivity index (χ1n) is 26.6. The fraction of sp³-hybridized carbons (Fsp3) is 0.783. The molecule has 6 atom stereocenters. The van der Waals surface area contributed by atoms with Gasteiger partial charge in [0.2, 0.25) is 54.3 Å². The maximum atomic E-state index is 15.2. The minimum absolute atomic E-state index is 0.0833. The number of carbonyl (C=O) groups is 10. The van der Waals surface area contributed by atoms with E-state index in [1.807, 2.05) is 0 Å². The fourth-order valence-corrected chi connectivity index (χ4v) is 10.1. The number of ether oxygens (including phenoxy) is 10. The van der Waals surface area contributed by atoms with E-state index in [1.54, 1.807) is 0 Å². The Bertz CT molecular complexity index is 1980. The minimum atomic E-state index is -5.85. The second-order valence-electron chi connectivity index (χ2n) is 16.4. The molecule has 1 fully saturated rings. The summed E-state index contributed by atoms with van der Waals surface area (Å²) in [6.07, 6.45) is -21.1. The lowest BCUT2D eigenvalue weighted by atomic mass is 9.84. The highest BCUT2D eigenvalue weighted by Crippen LogP contribution is 2.61. The Hall–Kier alpha value is -4.86. The van der Waals surface area contributed by atoms with Crippen LogP contribution in [0.3, 0.4) is 0 Å². The first kappa shape index (κ1) is 79.2. The van der Waals surface area contributed by atoms with Gasteiger partial charge in [-0.2, -0.15) is 0 Å². The van der Waals surface area contributed by atoms with Crippen molar-refractivity contribution in [1.82, 2.24) is 0 Å². The van der Waals surface area contributed by atoms with Gasteiger partial charge in [-0.1, -0.05) is 69.2 Å². The Morgan fingerprint density at radius 2 is 0.395 bits per heavy atom. The lowest BCUT2D eigenvalue weighted by Crippen LogP contribution is -2.67. The second kappa shape index (κ2) is 42.1. The summed E-state index contributed by atoms with van der Waals surface area (Å²) in [6.45, 7) is 2.66. The average molecular weight is 1330 g/mol. The quantitative estimate of drug-likeness (QED) is 0.0261. The van der Waals surface area contributed by atoms with E-state index in [2.05, 4.69) is 0 Å². The molecule has 36 nitrogen and oxygen atoms in total. The molecule has 0 unspecified atom stereocenters. The standard InChI is InChI=1S/C46H76O36P4/c1-11-21-39(55)77-41-43(79-83(57,69-23-61-31(47)13-3)70-24-62-32(48)14-4)45(81-85(59,73-27-65-35(51)17-7)74-28-66-36(52)18-8)42(78-40(56)22-12-2)46(82-86(60,75-29-67-37(53)19-9)76-30-68-38(54)20-10)44(41)80-84(58,71-25-63-33(49)15-5)72-26-64-34(50)16-6/h41-46H,11-30H2,1-10H3/t41-,42-,43-,44-,45-,46+/m1/s1. The fourth-order valence-electron chi connectivity index (χ4n) is 5.76. The number of phosphoric ester groups is 4. The van der Waals surface area contributed by atoms with Gasteiger partial charge in [-0.05, 0) is 12.8 Å². The van der Waals surface area contributed by atoms with Crippen molar-refractivity contribution >= 4 is 91.0 Å². The van der Waals surface area contributed by atoms with E-state index in [1.165, 1.54) is 69.2 Å². The Kier molecular flexibility index (Phi) is 38.8. The molecule has 496 valence electrons. The third-order valence-corrected chi connectivity index (χ3v) is 15.5. The van der Waals surface area contributed by atoms with E-state index in [0.29, 0.717) is 0 Å². The zero-order valence-electron chi connectivity index (χ0n) is 49.1. The third kappa shape index (κ3) is 30.9. The molecule has 0 radical (unpaired) electrons. The Morgan fingerprint density at radius 1 is 0.244 bits per heavy atom. The number of carbonyl (C=O) groups excluding carboxylic acids is 10. The van der Waals surface area contributed by atoms with E-state index < -0.39 is 195 Å². The van der Waals surface area contributed by atoms with Gasteiger partial charge in [0.15, 0.2) is 12.2 Å². The number of phosphoric acid groups is 4. The van der Waals surface area contributed by atoms with Gasteiger partial charge in [-0.3, -0.25) is 66.0 Å². The van der Waals surface area contributed by atoms with E-state index in [0.717, 1.165) is 0 Å². The van der Waals surface area contributed by atoms with Gasteiger partial charge in [0.05, 0.1) is 0 Å². The molecule has 1 aliphatic rings. The van der Waals surface area contributed by atoms with Crippen LogP contribution in [0.25, 0.3) is 0 Å². The van der Waals surface area contributed by atoms with Crippen molar-refractivity contribution in [2.24, 2.45) is 0 Å². The maximum absolute atomic E-state index is 15.2. The van der Waals surface area contributed by atoms with Crippen LogP contribution in [0.4, 0.5) is 0 Å². The summed E-state index contributed by atoms with van der Waals surface area (Å²) in [4.78, 5) is 127. The van der Waals surface area contributed by atoms with Crippen LogP contribution in [-0.4, -0.2) is 151 Å². The van der Waals surface area contributed by atoms with E-state index in [4.69, 9.17) is 102 Å². The molecule has 0 heterocycles. The van der Waals surface area contributed by atoms with Crippen LogP contribution in [0.15, 0.2) is 0 Å². The van der Waals surface area contributed by atoms with Crippen molar-refractivity contribution in [3.63, 3.8) is 0 Å². The number of esters is 10. The predicted octanol–water partition coefficient (Wildman–Crippen LogP) is 6.82. The molecule has 0 N–H and O–H groups in total. The summed E-state index contributed by atoms with van der Waals surface area (Å²) in [5.41, 5.74) is 0. The zero-order valence-corrected chi connectivity index (χ0v) is 52.7. The van der Waals surface area contributed by atoms with Crippen molar-refractivity contribution in [2.75, 3.05) is 54.3 Å². The van der Waals surface area contributed by atoms with Crippen molar-refractivity contribution in [3.8, 4) is 0 Å². The molecular formula is C46H76O36P4. The van der Waals surface area contributed by atoms with Gasteiger partial charge in [0.1, 0.15) is 24.4 Å². The molecule has 1 saturated carbocycles. The smallest absolute Gasteiger partial charge is 0.457 e. The first-order valence-corrected chi connectivity index (χ1v) is 32.5. The van der Waals surface area contributed by atoms with E-state index in [9.17, 15) is 47.9 Å². The molecule has 40 heteroatoms. The van der Waals surface area contributed by atoms with Gasteiger partial charge in [0, 0.05) is 64.2 Å². The molecule has 1 rings (SSSR count). The summed E-state index contributed by atoms with van der Waals surface area (Å²) in [6, 6.07) is 0. The summed E-state index contributed by atoms with van der Waals surface area (Å²) in [7, 11) is -23.4. The van der Waals surface area contributed by atoms with Crippen LogP contribution in [-0.2, 0) is 168 Å². The number of rotatable bonds is 46. The predicted molar refractivity (Wildman–Crippen MR) is 278 cm³/mol. The summed E-state index contributed by atoms with van der Waals surface area (Å²) < 4.78 is 178. The topological polar surface area (TPSA) is 442 Å². The molecule has 0 aromatic carbocycles. The van der Waals surface area contributed by atoms with Crippen LogP contribution in [0.2, 0.25) is 0 Å². The Morgan fingerprint density at radius 3 is 0.523 bits per heavy atom. The van der Waals surface area contributed by atoms with Gasteiger partial charge in [0.25, 0.3) is 0 Å². The third-order valence-electron chi connectivity index (χ3n) is 10.1. The maximum Gasteiger partial charge on any atom is 0.481 e. The molecule has 86 heavy (non-hydrogen) atoms. The van der Waals surface area contributed by atoms with Crippen molar-refractivity contribution in [1.29, 1.82) is 0 Å². The SMILES string of the molecule is CCCC(=O)O[C@@H]1[C@@H](OP(=O)(OCOC(=O)CC)OCOC(=O)CC)[C@H](OP(=O)(OCOC(=O)CC)OCOC(=O)CC)[C@@H](OC(=O)CCC)[C@H](OP(=O)(OCOC(=O)CC)OCOC(=O)CC)[C@@H]1OP(=O)(OCOC(=O)CC)OCOC(=O)CC. The van der Waals surface area contributed by atoms with Crippen LogP contribution in [0, 0.1) is 0 Å². The first-order chi connectivity index (χ1) is 40.7. The van der Waals surface area contributed by atoms with Crippen molar-refractivity contribution < 1.29 is 168 Å². The van der Waals surface area contributed by atoms with E-state index >= 15 is 18.3 Å². The summed E-state index contributed by atoms with van der Waals surface area (Å²) in [5, 5.41) is 0. The Balaban J connectivity index is 5.09. The van der Waals surface area contributed by atoms with Gasteiger partial charge >= 0.3 is 91.0 Å². The highest BCUT2D eigenvalue weighted by molar-refractivity contribution is 7.49. The number of hydrogen-bond donors (Lipinski definition) is 0. The minimum Gasteiger partial charge on any atom is -0.457 e. The zero-order chi connectivity index (χ0) is 64.9. The monoisotopic (exact) mass is 1330 g/mol. The molecule has 0 aliphatic heterocycles. The molecular weight excluding hydrogens is 1250 g/mol.